The second-order valence-electron chi connectivity index (χ2n) is 5.76. The number of nitrogens with zero attached hydrogens (tertiary/aromatic N) is 1. The molecule has 0 radical (unpaired) electrons. The Balaban J connectivity index is 2.33. The Bertz CT molecular complexity index is 604. The molecule has 1 aliphatic rings. The van der Waals surface area contributed by atoms with E-state index in [0.29, 0.717) is 24.0 Å². The molecule has 0 bridgehead atoms. The van der Waals surface area contributed by atoms with Crippen LogP contribution in [0.2, 0.25) is 5.02 Å². The van der Waals surface area contributed by atoms with Crippen LogP contribution in [0.1, 0.15) is 32.3 Å². The summed E-state index contributed by atoms with van der Waals surface area (Å²) in [5.41, 5.74) is 0.901. The van der Waals surface area contributed by atoms with Gasteiger partial charge in [0.25, 0.3) is 0 Å². The third-order valence-corrected chi connectivity index (χ3v) is 6.65. The Kier molecular flexibility index (Phi) is 5.30. The normalized spacial score (nSPS) is 24.2. The summed E-state index contributed by atoms with van der Waals surface area (Å²) in [6.45, 7) is 5.30. The van der Waals surface area contributed by atoms with Crippen LogP contribution in [0.3, 0.4) is 0 Å². The molecule has 0 aliphatic carbocycles. The lowest BCUT2D eigenvalue weighted by molar-refractivity contribution is 0.202. The van der Waals surface area contributed by atoms with E-state index in [4.69, 9.17) is 11.6 Å². The number of nitrogens with one attached hydrogen (secondary N) is 1. The lowest BCUT2D eigenvalue weighted by atomic mass is 9.94. The molecule has 118 valence electrons. The molecule has 1 aromatic carbocycles. The lowest BCUT2D eigenvalue weighted by Crippen LogP contribution is -2.45. The highest BCUT2D eigenvalue weighted by atomic mass is 35.5. The van der Waals surface area contributed by atoms with Crippen molar-refractivity contribution in [1.29, 1.82) is 0 Å². The maximum atomic E-state index is 12.8. The Morgan fingerprint density at radius 3 is 2.71 bits per heavy atom. The molecule has 21 heavy (non-hydrogen) atoms. The number of piperidine rings is 1. The monoisotopic (exact) mass is 330 g/mol. The zero-order chi connectivity index (χ0) is 15.6. The van der Waals surface area contributed by atoms with Gasteiger partial charge in [-0.1, -0.05) is 24.6 Å². The number of halogens is 1. The van der Waals surface area contributed by atoms with E-state index in [2.05, 4.69) is 12.2 Å². The molecule has 1 saturated heterocycles. The zero-order valence-electron chi connectivity index (χ0n) is 12.8. The van der Waals surface area contributed by atoms with Crippen molar-refractivity contribution in [3.63, 3.8) is 0 Å². The summed E-state index contributed by atoms with van der Waals surface area (Å²) in [6.07, 6.45) is 1.99. The molecule has 0 aromatic heterocycles. The maximum Gasteiger partial charge on any atom is 0.243 e. The van der Waals surface area contributed by atoms with Crippen LogP contribution < -0.4 is 5.32 Å². The fourth-order valence-electron chi connectivity index (χ4n) is 2.79. The van der Waals surface area contributed by atoms with Crippen LogP contribution in [0.25, 0.3) is 0 Å². The SMILES string of the molecule is CNCc1ccc(S(=O)(=O)N2CCCC(C)C2C)cc1Cl. The topological polar surface area (TPSA) is 49.4 Å². The summed E-state index contributed by atoms with van der Waals surface area (Å²) in [7, 11) is -1.64. The molecule has 2 unspecified atom stereocenters. The molecule has 2 atom stereocenters. The van der Waals surface area contributed by atoms with Gasteiger partial charge in [0, 0.05) is 24.2 Å². The van der Waals surface area contributed by atoms with Crippen LogP contribution in [0, 0.1) is 5.92 Å². The third kappa shape index (κ3) is 3.42. The fraction of sp³-hybridized carbons (Fsp3) is 0.600. The van der Waals surface area contributed by atoms with E-state index in [1.54, 1.807) is 22.5 Å². The summed E-state index contributed by atoms with van der Waals surface area (Å²) >= 11 is 6.20. The Morgan fingerprint density at radius 2 is 2.10 bits per heavy atom. The number of rotatable bonds is 4. The molecular formula is C15H23ClN2O2S. The van der Waals surface area contributed by atoms with Gasteiger partial charge in [-0.05, 0) is 50.4 Å². The number of hydrogen-bond acceptors (Lipinski definition) is 3. The minimum Gasteiger partial charge on any atom is -0.316 e. The van der Waals surface area contributed by atoms with Crippen molar-refractivity contribution in [3.8, 4) is 0 Å². The minimum absolute atomic E-state index is 0.0273. The van der Waals surface area contributed by atoms with Crippen molar-refractivity contribution in [1.82, 2.24) is 9.62 Å². The standard InChI is InChI=1S/C15H23ClN2O2S/c1-11-5-4-8-18(12(11)2)21(19,20)14-7-6-13(10-17-3)15(16)9-14/h6-7,9,11-12,17H,4-5,8,10H2,1-3H3. The lowest BCUT2D eigenvalue weighted by Gasteiger charge is -2.36. The molecule has 0 saturated carbocycles. The fourth-order valence-corrected chi connectivity index (χ4v) is 4.90. The van der Waals surface area contributed by atoms with Gasteiger partial charge in [-0.15, -0.1) is 0 Å². The summed E-state index contributed by atoms with van der Waals surface area (Å²) in [5.74, 6) is 0.382. The molecule has 1 aromatic rings. The van der Waals surface area contributed by atoms with Crippen LogP contribution in [0.15, 0.2) is 23.1 Å². The predicted octanol–water partition coefficient (Wildman–Crippen LogP) is 2.87. The Morgan fingerprint density at radius 1 is 1.38 bits per heavy atom. The molecule has 0 amide bonds. The number of sulfonamides is 1. The van der Waals surface area contributed by atoms with Crippen molar-refractivity contribution in [2.24, 2.45) is 5.92 Å². The van der Waals surface area contributed by atoms with E-state index < -0.39 is 10.0 Å². The molecule has 1 aliphatic heterocycles. The quantitative estimate of drug-likeness (QED) is 0.923. The van der Waals surface area contributed by atoms with Crippen molar-refractivity contribution in [3.05, 3.63) is 28.8 Å². The molecule has 1 fully saturated rings. The second kappa shape index (κ2) is 6.65. The molecular weight excluding hydrogens is 308 g/mol. The Hall–Kier alpha value is -0.620. The van der Waals surface area contributed by atoms with Crippen LogP contribution in [-0.2, 0) is 16.6 Å². The van der Waals surface area contributed by atoms with Crippen molar-refractivity contribution < 1.29 is 8.42 Å². The largest absolute Gasteiger partial charge is 0.316 e. The smallest absolute Gasteiger partial charge is 0.243 e. The molecule has 1 N–H and O–H groups in total. The van der Waals surface area contributed by atoms with E-state index in [0.717, 1.165) is 18.4 Å². The Labute approximate surface area is 132 Å². The van der Waals surface area contributed by atoms with Gasteiger partial charge in [-0.25, -0.2) is 8.42 Å². The first-order valence-corrected chi connectivity index (χ1v) is 9.14. The van der Waals surface area contributed by atoms with Gasteiger partial charge in [0.2, 0.25) is 10.0 Å². The minimum atomic E-state index is -3.47. The maximum absolute atomic E-state index is 12.8. The summed E-state index contributed by atoms with van der Waals surface area (Å²) < 4.78 is 27.2. The number of hydrogen-bond donors (Lipinski definition) is 1. The van der Waals surface area contributed by atoms with Gasteiger partial charge in [-0.2, -0.15) is 4.31 Å². The average molecular weight is 331 g/mol. The predicted molar refractivity (Wildman–Crippen MR) is 86.0 cm³/mol. The highest BCUT2D eigenvalue weighted by molar-refractivity contribution is 7.89. The van der Waals surface area contributed by atoms with E-state index in [1.807, 2.05) is 14.0 Å². The first-order valence-electron chi connectivity index (χ1n) is 7.32. The van der Waals surface area contributed by atoms with Crippen LogP contribution in [-0.4, -0.2) is 32.4 Å². The first-order chi connectivity index (χ1) is 9.87. The molecule has 0 spiro atoms. The van der Waals surface area contributed by atoms with E-state index in [9.17, 15) is 8.42 Å². The second-order valence-corrected chi connectivity index (χ2v) is 8.06. The van der Waals surface area contributed by atoms with Gasteiger partial charge >= 0.3 is 0 Å². The third-order valence-electron chi connectivity index (χ3n) is 4.31. The highest BCUT2D eigenvalue weighted by Crippen LogP contribution is 2.30. The van der Waals surface area contributed by atoms with Crippen molar-refractivity contribution >= 4 is 21.6 Å². The van der Waals surface area contributed by atoms with E-state index in [-0.39, 0.29) is 10.9 Å². The van der Waals surface area contributed by atoms with Crippen LogP contribution in [0.5, 0.6) is 0 Å². The van der Waals surface area contributed by atoms with Gasteiger partial charge in [0.05, 0.1) is 4.90 Å². The highest BCUT2D eigenvalue weighted by Gasteiger charge is 2.34. The van der Waals surface area contributed by atoms with Gasteiger partial charge in [0.1, 0.15) is 0 Å². The molecule has 2 rings (SSSR count). The van der Waals surface area contributed by atoms with Gasteiger partial charge < -0.3 is 5.32 Å². The number of benzene rings is 1. The first kappa shape index (κ1) is 16.7. The van der Waals surface area contributed by atoms with E-state index >= 15 is 0 Å². The summed E-state index contributed by atoms with van der Waals surface area (Å²) in [6, 6.07) is 5.03. The molecule has 6 heteroatoms. The van der Waals surface area contributed by atoms with E-state index in [1.165, 1.54) is 0 Å². The molecule has 1 heterocycles. The van der Waals surface area contributed by atoms with Gasteiger partial charge in [-0.3, -0.25) is 0 Å². The van der Waals surface area contributed by atoms with Crippen LogP contribution >= 0.6 is 11.6 Å². The molecule has 4 nitrogen and oxygen atoms in total. The van der Waals surface area contributed by atoms with Crippen molar-refractivity contribution in [2.75, 3.05) is 13.6 Å². The zero-order valence-corrected chi connectivity index (χ0v) is 14.3. The average Bonchev–Trinajstić information content (AvgIpc) is 2.44. The van der Waals surface area contributed by atoms with Crippen LogP contribution in [0.4, 0.5) is 0 Å². The summed E-state index contributed by atoms with van der Waals surface area (Å²) in [4.78, 5) is 0.285. The van der Waals surface area contributed by atoms with Crippen molar-refractivity contribution in [2.45, 2.75) is 44.2 Å². The summed E-state index contributed by atoms with van der Waals surface area (Å²) in [5, 5.41) is 3.50. The van der Waals surface area contributed by atoms with Gasteiger partial charge in [0.15, 0.2) is 0 Å².